The molecule has 2 saturated carbocycles. The van der Waals surface area contributed by atoms with E-state index in [9.17, 15) is 25.0 Å². The summed E-state index contributed by atoms with van der Waals surface area (Å²) >= 11 is 0. The first-order chi connectivity index (χ1) is 16.0. The van der Waals surface area contributed by atoms with Crippen LogP contribution < -0.4 is 0 Å². The minimum absolute atomic E-state index is 0.0270. The van der Waals surface area contributed by atoms with Gasteiger partial charge in [-0.25, -0.2) is 0 Å². The maximum atomic E-state index is 13.8. The second-order valence-electron chi connectivity index (χ2n) is 12.0. The van der Waals surface area contributed by atoms with Gasteiger partial charge in [-0.1, -0.05) is 54.4 Å². The molecule has 0 saturated heterocycles. The first kappa shape index (κ1) is 30.2. The van der Waals surface area contributed by atoms with Gasteiger partial charge in [0, 0.05) is 11.8 Å². The zero-order chi connectivity index (χ0) is 25.7. The van der Waals surface area contributed by atoms with Crippen molar-refractivity contribution in [1.82, 2.24) is 0 Å². The maximum absolute atomic E-state index is 13.8. The highest BCUT2D eigenvalue weighted by Gasteiger charge is 2.55. The zero-order valence-electron chi connectivity index (χ0n) is 22.2. The molecular formula is C26H51O7P. The molecule has 0 aliphatic heterocycles. The standard InChI is InChI=1S/C26H51O7P/c1-17(2)23-9-7-19(5)11-25(23,21(13-27)14-28)32-34(31)33-26(22(15-29)16-30)12-20(6)8-10-24(26)18(3)4/h17-24,27-30,34H,7-16H2,1-6H3/t19-,20-,23+,24+,25?,26?/m1/s1. The van der Waals surface area contributed by atoms with Gasteiger partial charge >= 0.3 is 8.25 Å². The van der Waals surface area contributed by atoms with Gasteiger partial charge in [0.1, 0.15) is 0 Å². The largest absolute Gasteiger partial charge is 0.396 e. The Morgan fingerprint density at radius 2 is 1.03 bits per heavy atom. The molecule has 2 aliphatic rings. The monoisotopic (exact) mass is 506 g/mol. The van der Waals surface area contributed by atoms with Crippen molar-refractivity contribution in [3.8, 4) is 0 Å². The number of aliphatic hydroxyl groups is 4. The predicted molar refractivity (Wildman–Crippen MR) is 135 cm³/mol. The third-order valence-corrected chi connectivity index (χ3v) is 10.0. The van der Waals surface area contributed by atoms with Crippen LogP contribution in [0.1, 0.15) is 80.1 Å². The molecule has 6 atom stereocenters. The molecule has 0 amide bonds. The Bertz CT molecular complexity index is 585. The van der Waals surface area contributed by atoms with Crippen LogP contribution in [0.25, 0.3) is 0 Å². The van der Waals surface area contributed by atoms with E-state index in [0.717, 1.165) is 25.7 Å². The van der Waals surface area contributed by atoms with E-state index in [1.54, 1.807) is 0 Å². The van der Waals surface area contributed by atoms with Crippen molar-refractivity contribution in [2.45, 2.75) is 91.3 Å². The van der Waals surface area contributed by atoms with Gasteiger partial charge < -0.3 is 29.5 Å². The van der Waals surface area contributed by atoms with Crippen LogP contribution >= 0.6 is 8.25 Å². The molecular weight excluding hydrogens is 455 g/mol. The molecule has 2 fully saturated rings. The van der Waals surface area contributed by atoms with E-state index in [4.69, 9.17) is 9.05 Å². The third kappa shape index (κ3) is 6.27. The topological polar surface area (TPSA) is 116 Å². The SMILES string of the molecule is CC(C)[C@@H]1CC[C@@H](C)CC1(O[PH](=O)OC1(C(CO)CO)C[C@H](C)CC[C@H]1C(C)C)C(CO)CO. The molecule has 8 heteroatoms. The molecule has 2 rings (SSSR count). The molecule has 7 nitrogen and oxygen atoms in total. The highest BCUT2D eigenvalue weighted by atomic mass is 31.1. The second kappa shape index (κ2) is 13.0. The summed E-state index contributed by atoms with van der Waals surface area (Å²) in [6.45, 7) is 11.7. The van der Waals surface area contributed by atoms with Crippen LogP contribution in [-0.2, 0) is 13.6 Å². The van der Waals surface area contributed by atoms with Crippen molar-refractivity contribution in [2.24, 2.45) is 47.3 Å². The molecule has 0 bridgehead atoms. The van der Waals surface area contributed by atoms with Crippen LogP contribution in [0.3, 0.4) is 0 Å². The Hall–Kier alpha value is -0.0100. The predicted octanol–water partition coefficient (Wildman–Crippen LogP) is 4.27. The lowest BCUT2D eigenvalue weighted by Gasteiger charge is -2.53. The van der Waals surface area contributed by atoms with Gasteiger partial charge in [0.05, 0.1) is 37.6 Å². The lowest BCUT2D eigenvalue weighted by atomic mass is 9.62. The van der Waals surface area contributed by atoms with Crippen molar-refractivity contribution in [3.63, 3.8) is 0 Å². The minimum Gasteiger partial charge on any atom is -0.396 e. The fourth-order valence-electron chi connectivity index (χ4n) is 7.21. The summed E-state index contributed by atoms with van der Waals surface area (Å²) in [4.78, 5) is 0. The van der Waals surface area contributed by atoms with Crippen molar-refractivity contribution in [3.05, 3.63) is 0 Å². The highest BCUT2D eigenvalue weighted by molar-refractivity contribution is 7.33. The minimum atomic E-state index is -3.10. The van der Waals surface area contributed by atoms with Gasteiger partial charge in [-0.3, -0.25) is 4.57 Å². The molecule has 2 aliphatic carbocycles. The van der Waals surface area contributed by atoms with Gasteiger partial charge in [-0.2, -0.15) is 0 Å². The normalized spacial score (nSPS) is 36.1. The van der Waals surface area contributed by atoms with Gasteiger partial charge in [-0.15, -0.1) is 0 Å². The summed E-state index contributed by atoms with van der Waals surface area (Å²) in [6.07, 6.45) is 4.98. The van der Waals surface area contributed by atoms with E-state index in [0.29, 0.717) is 24.7 Å². The van der Waals surface area contributed by atoms with Crippen LogP contribution in [0.5, 0.6) is 0 Å². The molecule has 0 radical (unpaired) electrons. The Balaban J connectivity index is 2.48. The Morgan fingerprint density at radius 3 is 1.29 bits per heavy atom. The fourth-order valence-corrected chi connectivity index (χ4v) is 8.68. The van der Waals surface area contributed by atoms with Crippen molar-refractivity contribution < 1.29 is 34.0 Å². The fraction of sp³-hybridized carbons (Fsp3) is 1.00. The quantitative estimate of drug-likeness (QED) is 0.292. The second-order valence-corrected chi connectivity index (χ2v) is 12.9. The molecule has 0 spiro atoms. The summed E-state index contributed by atoms with van der Waals surface area (Å²) in [5, 5.41) is 40.8. The van der Waals surface area contributed by atoms with Gasteiger partial charge in [0.25, 0.3) is 0 Å². The van der Waals surface area contributed by atoms with E-state index >= 15 is 0 Å². The average molecular weight is 507 g/mol. The number of hydrogen-bond donors (Lipinski definition) is 4. The van der Waals surface area contributed by atoms with Crippen LogP contribution in [0.15, 0.2) is 0 Å². The van der Waals surface area contributed by atoms with Crippen molar-refractivity contribution >= 4 is 8.25 Å². The summed E-state index contributed by atoms with van der Waals surface area (Å²) in [5.74, 6) is -0.0173. The Labute approximate surface area is 207 Å². The molecule has 34 heavy (non-hydrogen) atoms. The lowest BCUT2D eigenvalue weighted by Crippen LogP contribution is -2.56. The first-order valence-electron chi connectivity index (χ1n) is 13.4. The van der Waals surface area contributed by atoms with Gasteiger partial charge in [-0.05, 0) is 61.2 Å². The van der Waals surface area contributed by atoms with Gasteiger partial charge in [0.2, 0.25) is 0 Å². The van der Waals surface area contributed by atoms with Crippen LogP contribution in [0.2, 0.25) is 0 Å². The molecule has 0 aromatic heterocycles. The molecule has 0 aromatic carbocycles. The zero-order valence-corrected chi connectivity index (χ0v) is 23.2. The molecule has 2 unspecified atom stereocenters. The van der Waals surface area contributed by atoms with E-state index in [1.165, 1.54) is 0 Å². The third-order valence-electron chi connectivity index (χ3n) is 8.95. The van der Waals surface area contributed by atoms with Crippen LogP contribution in [0, 0.1) is 47.3 Å². The average Bonchev–Trinajstić information content (AvgIpc) is 2.74. The van der Waals surface area contributed by atoms with E-state index in [-0.39, 0.29) is 50.1 Å². The van der Waals surface area contributed by atoms with Crippen molar-refractivity contribution in [2.75, 3.05) is 26.4 Å². The summed E-state index contributed by atoms with van der Waals surface area (Å²) in [5.41, 5.74) is -1.90. The van der Waals surface area contributed by atoms with E-state index < -0.39 is 31.3 Å². The molecule has 4 N–H and O–H groups in total. The van der Waals surface area contributed by atoms with E-state index in [1.807, 2.05) is 0 Å². The summed E-state index contributed by atoms with van der Waals surface area (Å²) in [6, 6.07) is 0. The lowest BCUT2D eigenvalue weighted by molar-refractivity contribution is -0.154. The van der Waals surface area contributed by atoms with Crippen LogP contribution in [0.4, 0.5) is 0 Å². The summed E-state index contributed by atoms with van der Waals surface area (Å²) in [7, 11) is -3.10. The summed E-state index contributed by atoms with van der Waals surface area (Å²) < 4.78 is 26.7. The van der Waals surface area contributed by atoms with E-state index in [2.05, 4.69) is 41.5 Å². The molecule has 202 valence electrons. The van der Waals surface area contributed by atoms with Crippen LogP contribution in [-0.4, -0.2) is 58.1 Å². The smallest absolute Gasteiger partial charge is 0.320 e. The van der Waals surface area contributed by atoms with Crippen molar-refractivity contribution in [1.29, 1.82) is 0 Å². The highest BCUT2D eigenvalue weighted by Crippen LogP contribution is 2.56. The first-order valence-corrected chi connectivity index (χ1v) is 14.6. The Morgan fingerprint density at radius 1 is 0.706 bits per heavy atom. The molecule has 0 heterocycles. The number of rotatable bonds is 12. The number of aliphatic hydroxyl groups excluding tert-OH is 4. The molecule has 0 aromatic rings. The maximum Gasteiger partial charge on any atom is 0.320 e. The Kier molecular flexibility index (Phi) is 11.5. The van der Waals surface area contributed by atoms with Gasteiger partial charge in [0.15, 0.2) is 0 Å². The number of hydrogen-bond acceptors (Lipinski definition) is 7.